The Morgan fingerprint density at radius 3 is 2.86 bits per heavy atom. The zero-order valence-corrected chi connectivity index (χ0v) is 8.83. The van der Waals surface area contributed by atoms with E-state index in [0.29, 0.717) is 5.95 Å². The molecule has 0 unspecified atom stereocenters. The van der Waals surface area contributed by atoms with Gasteiger partial charge in [0.1, 0.15) is 5.82 Å². The number of aromatic nitrogens is 3. The summed E-state index contributed by atoms with van der Waals surface area (Å²) in [7, 11) is 0. The quantitative estimate of drug-likeness (QED) is 0.720. The maximum absolute atomic E-state index is 4.16. The van der Waals surface area contributed by atoms with Crippen LogP contribution in [0.3, 0.4) is 0 Å². The zero-order chi connectivity index (χ0) is 10.4. The second-order valence-electron chi connectivity index (χ2n) is 2.94. The molecule has 1 aromatic rings. The highest BCUT2D eigenvalue weighted by molar-refractivity contribution is 5.38. The van der Waals surface area contributed by atoms with Gasteiger partial charge < -0.3 is 5.32 Å². The van der Waals surface area contributed by atoms with Crippen molar-refractivity contribution < 1.29 is 0 Å². The molecule has 1 rings (SSSR count). The Balaban J connectivity index is 2.69. The van der Waals surface area contributed by atoms with E-state index in [9.17, 15) is 0 Å². The number of nitrogens with zero attached hydrogens (tertiary/aromatic N) is 2. The fourth-order valence-electron chi connectivity index (χ4n) is 1.09. The minimum Gasteiger partial charge on any atom is -0.323 e. The summed E-state index contributed by atoms with van der Waals surface area (Å²) in [4.78, 5) is 4.16. The third-order valence-corrected chi connectivity index (χ3v) is 1.62. The molecule has 0 radical (unpaired) electrons. The molecular weight excluding hydrogens is 176 g/mol. The van der Waals surface area contributed by atoms with Crippen LogP contribution in [-0.4, -0.2) is 15.2 Å². The molecule has 2 N–H and O–H groups in total. The molecule has 1 aromatic heterocycles. The first-order valence-corrected chi connectivity index (χ1v) is 4.75. The summed E-state index contributed by atoms with van der Waals surface area (Å²) in [5.41, 5.74) is 1.02. The third kappa shape index (κ3) is 3.05. The minimum absolute atomic E-state index is 0.611. The molecule has 0 bridgehead atoms. The van der Waals surface area contributed by atoms with Crippen LogP contribution in [0.1, 0.15) is 26.1 Å². The normalized spacial score (nSPS) is 12.4. The standard InChI is InChI=1S/C10H16N4/c1-4-6-9(7-5-2)12-10-11-8(3)13-14-10/h4,6-7H,5H2,1-3H3,(H2,11,12,13,14)/b6-4-,9-7+. The molecule has 0 spiro atoms. The number of rotatable bonds is 4. The van der Waals surface area contributed by atoms with Gasteiger partial charge in [0.25, 0.3) is 0 Å². The smallest absolute Gasteiger partial charge is 0.246 e. The number of allylic oxidation sites excluding steroid dienone is 3. The molecule has 0 aliphatic rings. The lowest BCUT2D eigenvalue weighted by Crippen LogP contribution is -1.98. The summed E-state index contributed by atoms with van der Waals surface area (Å²) in [6.45, 7) is 5.94. The van der Waals surface area contributed by atoms with Gasteiger partial charge in [0.05, 0.1) is 0 Å². The van der Waals surface area contributed by atoms with Crippen molar-refractivity contribution in [3.63, 3.8) is 0 Å². The van der Waals surface area contributed by atoms with Crippen LogP contribution < -0.4 is 5.32 Å². The molecule has 0 amide bonds. The molecule has 0 saturated carbocycles. The summed E-state index contributed by atoms with van der Waals surface area (Å²) < 4.78 is 0. The van der Waals surface area contributed by atoms with Gasteiger partial charge in [-0.15, -0.1) is 5.10 Å². The lowest BCUT2D eigenvalue weighted by molar-refractivity contribution is 1.04. The van der Waals surface area contributed by atoms with Crippen LogP contribution in [0.2, 0.25) is 0 Å². The van der Waals surface area contributed by atoms with E-state index >= 15 is 0 Å². The van der Waals surface area contributed by atoms with Crippen LogP contribution in [0.25, 0.3) is 0 Å². The van der Waals surface area contributed by atoms with Gasteiger partial charge in [-0.3, -0.25) is 5.10 Å². The van der Waals surface area contributed by atoms with Crippen LogP contribution >= 0.6 is 0 Å². The van der Waals surface area contributed by atoms with Crippen molar-refractivity contribution in [3.05, 3.63) is 29.7 Å². The highest BCUT2D eigenvalue weighted by Crippen LogP contribution is 2.05. The van der Waals surface area contributed by atoms with Crippen LogP contribution in [0.15, 0.2) is 23.9 Å². The molecule has 0 atom stereocenters. The molecule has 1 heterocycles. The Hall–Kier alpha value is -1.58. The number of hydrogen-bond acceptors (Lipinski definition) is 3. The summed E-state index contributed by atoms with van der Waals surface area (Å²) in [5.74, 6) is 1.42. The maximum atomic E-state index is 4.16. The average Bonchev–Trinajstić information content (AvgIpc) is 2.52. The van der Waals surface area contributed by atoms with Crippen molar-refractivity contribution in [1.29, 1.82) is 0 Å². The molecule has 4 nitrogen and oxygen atoms in total. The number of aromatic amines is 1. The Morgan fingerprint density at radius 2 is 2.36 bits per heavy atom. The second kappa shape index (κ2) is 5.21. The summed E-state index contributed by atoms with van der Waals surface area (Å²) >= 11 is 0. The molecule has 0 aliphatic heterocycles. The van der Waals surface area contributed by atoms with Crippen LogP contribution in [-0.2, 0) is 0 Å². The molecule has 0 saturated heterocycles. The number of aryl methyl sites for hydroxylation is 1. The number of hydrogen-bond donors (Lipinski definition) is 2. The van der Waals surface area contributed by atoms with E-state index in [4.69, 9.17) is 0 Å². The number of nitrogens with one attached hydrogen (secondary N) is 2. The van der Waals surface area contributed by atoms with E-state index in [2.05, 4.69) is 33.5 Å². The van der Waals surface area contributed by atoms with Crippen molar-refractivity contribution in [3.8, 4) is 0 Å². The molecule has 0 aliphatic carbocycles. The number of H-pyrrole nitrogens is 1. The fourth-order valence-corrected chi connectivity index (χ4v) is 1.09. The Morgan fingerprint density at radius 1 is 1.57 bits per heavy atom. The lowest BCUT2D eigenvalue weighted by atomic mass is 10.3. The topological polar surface area (TPSA) is 53.6 Å². The van der Waals surface area contributed by atoms with Gasteiger partial charge in [-0.25, -0.2) is 0 Å². The summed E-state index contributed by atoms with van der Waals surface area (Å²) in [6.07, 6.45) is 7.05. The van der Waals surface area contributed by atoms with Crippen molar-refractivity contribution in [2.75, 3.05) is 5.32 Å². The van der Waals surface area contributed by atoms with Crippen molar-refractivity contribution in [1.82, 2.24) is 15.2 Å². The SMILES string of the molecule is C/C=C\C(=C/CC)Nc1n[nH]c(C)n1. The van der Waals surface area contributed by atoms with Crippen LogP contribution in [0.4, 0.5) is 5.95 Å². The van der Waals surface area contributed by atoms with Gasteiger partial charge in [0.15, 0.2) is 0 Å². The number of anilines is 1. The molecule has 4 heteroatoms. The van der Waals surface area contributed by atoms with E-state index in [1.54, 1.807) is 0 Å². The molecule has 14 heavy (non-hydrogen) atoms. The van der Waals surface area contributed by atoms with E-state index in [1.807, 2.05) is 26.0 Å². The van der Waals surface area contributed by atoms with Crippen LogP contribution in [0, 0.1) is 6.92 Å². The highest BCUT2D eigenvalue weighted by Gasteiger charge is 1.98. The van der Waals surface area contributed by atoms with E-state index in [1.165, 1.54) is 0 Å². The monoisotopic (exact) mass is 192 g/mol. The fraction of sp³-hybridized carbons (Fsp3) is 0.400. The largest absolute Gasteiger partial charge is 0.323 e. The van der Waals surface area contributed by atoms with Crippen molar-refractivity contribution in [2.24, 2.45) is 0 Å². The predicted octanol–water partition coefficient (Wildman–Crippen LogP) is 2.40. The molecule has 76 valence electrons. The first-order chi connectivity index (χ1) is 6.76. The predicted molar refractivity (Wildman–Crippen MR) is 57.9 cm³/mol. The van der Waals surface area contributed by atoms with Gasteiger partial charge >= 0.3 is 0 Å². The molecule has 0 aromatic carbocycles. The van der Waals surface area contributed by atoms with Gasteiger partial charge in [-0.2, -0.15) is 4.98 Å². The zero-order valence-electron chi connectivity index (χ0n) is 8.83. The van der Waals surface area contributed by atoms with E-state index in [0.717, 1.165) is 17.9 Å². The summed E-state index contributed by atoms with van der Waals surface area (Å²) in [6, 6.07) is 0. The lowest BCUT2D eigenvalue weighted by Gasteiger charge is -2.01. The molecule has 0 fully saturated rings. The average molecular weight is 192 g/mol. The van der Waals surface area contributed by atoms with Gasteiger partial charge in [0, 0.05) is 5.70 Å². The summed E-state index contributed by atoms with van der Waals surface area (Å²) in [5, 5.41) is 9.90. The second-order valence-corrected chi connectivity index (χ2v) is 2.94. The van der Waals surface area contributed by atoms with Crippen molar-refractivity contribution >= 4 is 5.95 Å². The minimum atomic E-state index is 0.611. The van der Waals surface area contributed by atoms with Gasteiger partial charge in [-0.1, -0.05) is 19.1 Å². The van der Waals surface area contributed by atoms with E-state index in [-0.39, 0.29) is 0 Å². The van der Waals surface area contributed by atoms with Gasteiger partial charge in [-0.05, 0) is 26.3 Å². The molecular formula is C10H16N4. The first-order valence-electron chi connectivity index (χ1n) is 4.75. The van der Waals surface area contributed by atoms with Crippen molar-refractivity contribution in [2.45, 2.75) is 27.2 Å². The van der Waals surface area contributed by atoms with Crippen LogP contribution in [0.5, 0.6) is 0 Å². The Labute approximate surface area is 84.1 Å². The first kappa shape index (κ1) is 10.5. The Kier molecular flexibility index (Phi) is 3.91. The van der Waals surface area contributed by atoms with E-state index < -0.39 is 0 Å². The Bertz CT molecular complexity index is 336. The highest BCUT2D eigenvalue weighted by atomic mass is 15.3. The third-order valence-electron chi connectivity index (χ3n) is 1.62. The van der Waals surface area contributed by atoms with Gasteiger partial charge in [0.2, 0.25) is 5.95 Å². The maximum Gasteiger partial charge on any atom is 0.246 e.